The minimum atomic E-state index is -0.914. The summed E-state index contributed by atoms with van der Waals surface area (Å²) < 4.78 is 5.18. The maximum atomic E-state index is 10.3. The average molecular weight is 235 g/mol. The Morgan fingerprint density at radius 2 is 2.29 bits per heavy atom. The molecule has 92 valence electrons. The Hall–Kier alpha value is -1.81. The number of aryl methyl sites for hydroxylation is 1. The van der Waals surface area contributed by atoms with E-state index in [0.29, 0.717) is 13.0 Å². The fourth-order valence-corrected chi connectivity index (χ4v) is 1.58. The molecule has 0 fully saturated rings. The van der Waals surface area contributed by atoms with Gasteiger partial charge in [0.15, 0.2) is 0 Å². The standard InChI is InChI=1S/C13H17NO3/c1-17-12-7-6-10(8-11(12)9-14)4-2-3-5-13(15)16/h3,5-8H,2,4,9,14H2,1H3,(H,15,16)/b5-3+. The quantitative estimate of drug-likeness (QED) is 0.736. The zero-order chi connectivity index (χ0) is 12.7. The van der Waals surface area contributed by atoms with Crippen molar-refractivity contribution in [1.82, 2.24) is 0 Å². The van der Waals surface area contributed by atoms with Gasteiger partial charge in [0.2, 0.25) is 0 Å². The molecule has 0 atom stereocenters. The van der Waals surface area contributed by atoms with E-state index >= 15 is 0 Å². The first-order chi connectivity index (χ1) is 8.17. The van der Waals surface area contributed by atoms with Crippen LogP contribution in [0.15, 0.2) is 30.4 Å². The molecule has 0 aliphatic carbocycles. The van der Waals surface area contributed by atoms with Crippen LogP contribution in [0.25, 0.3) is 0 Å². The molecule has 1 rings (SSSR count). The van der Waals surface area contributed by atoms with E-state index in [4.69, 9.17) is 15.6 Å². The van der Waals surface area contributed by atoms with Gasteiger partial charge >= 0.3 is 5.97 Å². The van der Waals surface area contributed by atoms with Crippen LogP contribution in [0.2, 0.25) is 0 Å². The zero-order valence-electron chi connectivity index (χ0n) is 9.85. The van der Waals surface area contributed by atoms with Crippen LogP contribution in [0.4, 0.5) is 0 Å². The number of nitrogens with two attached hydrogens (primary N) is 1. The van der Waals surface area contributed by atoms with Crippen molar-refractivity contribution in [3.05, 3.63) is 41.5 Å². The SMILES string of the molecule is COc1ccc(CC/C=C/C(=O)O)cc1CN. The van der Waals surface area contributed by atoms with E-state index in [-0.39, 0.29) is 0 Å². The Balaban J connectivity index is 2.63. The second-order valence-electron chi connectivity index (χ2n) is 3.63. The predicted molar refractivity (Wildman–Crippen MR) is 66.0 cm³/mol. The van der Waals surface area contributed by atoms with Crippen LogP contribution < -0.4 is 10.5 Å². The number of hydrogen-bond acceptors (Lipinski definition) is 3. The summed E-state index contributed by atoms with van der Waals surface area (Å²) in [6.45, 7) is 0.433. The lowest BCUT2D eigenvalue weighted by Crippen LogP contribution is -2.01. The van der Waals surface area contributed by atoms with E-state index in [9.17, 15) is 4.79 Å². The molecule has 0 heterocycles. The predicted octanol–water partition coefficient (Wildman–Crippen LogP) is 1.73. The van der Waals surface area contributed by atoms with Gasteiger partial charge < -0.3 is 15.6 Å². The highest BCUT2D eigenvalue weighted by molar-refractivity contribution is 5.79. The number of rotatable bonds is 6. The van der Waals surface area contributed by atoms with Gasteiger partial charge in [0.1, 0.15) is 5.75 Å². The summed E-state index contributed by atoms with van der Waals surface area (Å²) >= 11 is 0. The van der Waals surface area contributed by atoms with E-state index in [0.717, 1.165) is 29.4 Å². The van der Waals surface area contributed by atoms with Gasteiger partial charge in [-0.2, -0.15) is 0 Å². The zero-order valence-corrected chi connectivity index (χ0v) is 9.85. The van der Waals surface area contributed by atoms with E-state index in [1.54, 1.807) is 13.2 Å². The molecule has 0 radical (unpaired) electrons. The van der Waals surface area contributed by atoms with Gasteiger partial charge in [0.05, 0.1) is 7.11 Å². The third-order valence-electron chi connectivity index (χ3n) is 2.42. The molecule has 0 bridgehead atoms. The maximum Gasteiger partial charge on any atom is 0.327 e. The summed E-state index contributed by atoms with van der Waals surface area (Å²) in [6, 6.07) is 5.85. The number of aliphatic carboxylic acids is 1. The van der Waals surface area contributed by atoms with Gasteiger partial charge in [0.25, 0.3) is 0 Å². The van der Waals surface area contributed by atoms with Gasteiger partial charge in [-0.25, -0.2) is 4.79 Å². The van der Waals surface area contributed by atoms with Crippen molar-refractivity contribution in [2.75, 3.05) is 7.11 Å². The molecule has 0 saturated carbocycles. The normalized spacial score (nSPS) is 10.7. The summed E-state index contributed by atoms with van der Waals surface area (Å²) in [5.74, 6) is -0.125. The van der Waals surface area contributed by atoms with E-state index in [1.807, 2.05) is 18.2 Å². The van der Waals surface area contributed by atoms with E-state index < -0.39 is 5.97 Å². The molecular formula is C13H17NO3. The van der Waals surface area contributed by atoms with Gasteiger partial charge in [-0.05, 0) is 24.5 Å². The molecule has 0 aliphatic heterocycles. The number of carbonyl (C=O) groups is 1. The van der Waals surface area contributed by atoms with Gasteiger partial charge in [-0.1, -0.05) is 18.2 Å². The molecule has 0 aromatic heterocycles. The molecule has 1 aromatic rings. The third-order valence-corrected chi connectivity index (χ3v) is 2.42. The van der Waals surface area contributed by atoms with Gasteiger partial charge in [0, 0.05) is 18.2 Å². The topological polar surface area (TPSA) is 72.5 Å². The number of allylic oxidation sites excluding steroid dienone is 1. The number of carboxylic acid groups (broad SMARTS) is 1. The van der Waals surface area contributed by atoms with Crippen molar-refractivity contribution >= 4 is 5.97 Å². The molecule has 0 amide bonds. The van der Waals surface area contributed by atoms with Crippen LogP contribution in [0.5, 0.6) is 5.75 Å². The molecule has 0 aliphatic rings. The average Bonchev–Trinajstić information content (AvgIpc) is 2.34. The highest BCUT2D eigenvalue weighted by Crippen LogP contribution is 2.20. The van der Waals surface area contributed by atoms with E-state index in [1.165, 1.54) is 0 Å². The highest BCUT2D eigenvalue weighted by atomic mass is 16.5. The number of methoxy groups -OCH3 is 1. The first-order valence-electron chi connectivity index (χ1n) is 5.42. The van der Waals surface area contributed by atoms with Crippen molar-refractivity contribution < 1.29 is 14.6 Å². The largest absolute Gasteiger partial charge is 0.496 e. The lowest BCUT2D eigenvalue weighted by atomic mass is 10.1. The smallest absolute Gasteiger partial charge is 0.327 e. The first-order valence-corrected chi connectivity index (χ1v) is 5.42. The van der Waals surface area contributed by atoms with Crippen LogP contribution in [0.1, 0.15) is 17.5 Å². The highest BCUT2D eigenvalue weighted by Gasteiger charge is 2.02. The molecule has 0 unspecified atom stereocenters. The Bertz CT molecular complexity index is 413. The second-order valence-corrected chi connectivity index (χ2v) is 3.63. The number of hydrogen-bond donors (Lipinski definition) is 2. The van der Waals surface area contributed by atoms with Crippen molar-refractivity contribution in [2.45, 2.75) is 19.4 Å². The van der Waals surface area contributed by atoms with Crippen molar-refractivity contribution in [2.24, 2.45) is 5.73 Å². The Morgan fingerprint density at radius 1 is 1.53 bits per heavy atom. The minimum Gasteiger partial charge on any atom is -0.496 e. The van der Waals surface area contributed by atoms with Crippen LogP contribution in [-0.2, 0) is 17.8 Å². The van der Waals surface area contributed by atoms with E-state index in [2.05, 4.69) is 0 Å². The van der Waals surface area contributed by atoms with Gasteiger partial charge in [-0.15, -0.1) is 0 Å². The summed E-state index contributed by atoms with van der Waals surface area (Å²) in [4.78, 5) is 10.3. The molecule has 0 spiro atoms. The number of ether oxygens (including phenoxy) is 1. The second kappa shape index (κ2) is 6.70. The summed E-state index contributed by atoms with van der Waals surface area (Å²) in [7, 11) is 1.61. The summed E-state index contributed by atoms with van der Waals surface area (Å²) in [5, 5.41) is 8.44. The Labute approximate surface area is 101 Å². The molecule has 17 heavy (non-hydrogen) atoms. The third kappa shape index (κ3) is 4.28. The lowest BCUT2D eigenvalue weighted by Gasteiger charge is -2.08. The molecule has 4 nitrogen and oxygen atoms in total. The fourth-order valence-electron chi connectivity index (χ4n) is 1.58. The first kappa shape index (κ1) is 13.3. The minimum absolute atomic E-state index is 0.433. The van der Waals surface area contributed by atoms with Crippen LogP contribution in [-0.4, -0.2) is 18.2 Å². The molecule has 4 heteroatoms. The molecule has 3 N–H and O–H groups in total. The maximum absolute atomic E-state index is 10.3. The van der Waals surface area contributed by atoms with Crippen molar-refractivity contribution in [1.29, 1.82) is 0 Å². The van der Waals surface area contributed by atoms with Crippen molar-refractivity contribution in [3.8, 4) is 5.75 Å². The summed E-state index contributed by atoms with van der Waals surface area (Å²) in [5.41, 5.74) is 7.71. The number of benzene rings is 1. The summed E-state index contributed by atoms with van der Waals surface area (Å²) in [6.07, 6.45) is 4.30. The lowest BCUT2D eigenvalue weighted by molar-refractivity contribution is -0.131. The van der Waals surface area contributed by atoms with Gasteiger partial charge in [-0.3, -0.25) is 0 Å². The molecule has 1 aromatic carbocycles. The Kier molecular flexibility index (Phi) is 5.23. The van der Waals surface area contributed by atoms with Crippen molar-refractivity contribution in [3.63, 3.8) is 0 Å². The Morgan fingerprint density at radius 3 is 2.88 bits per heavy atom. The fraction of sp³-hybridized carbons (Fsp3) is 0.308. The monoisotopic (exact) mass is 235 g/mol. The van der Waals surface area contributed by atoms with Crippen LogP contribution >= 0.6 is 0 Å². The van der Waals surface area contributed by atoms with Crippen LogP contribution in [0.3, 0.4) is 0 Å². The van der Waals surface area contributed by atoms with Crippen LogP contribution in [0, 0.1) is 0 Å². The number of carboxylic acids is 1. The molecule has 0 saturated heterocycles. The molecular weight excluding hydrogens is 218 g/mol.